The normalized spacial score (nSPS) is 22.5. The molecule has 8 heteroatoms. The van der Waals surface area contributed by atoms with E-state index in [1.165, 1.54) is 4.90 Å². The van der Waals surface area contributed by atoms with Crippen LogP contribution in [-0.2, 0) is 9.59 Å². The molecule has 0 aromatic carbocycles. The predicted molar refractivity (Wildman–Crippen MR) is 91.9 cm³/mol. The molecule has 2 aliphatic heterocycles. The Balaban J connectivity index is 1.35. The molecular weight excluding hydrogens is 322 g/mol. The van der Waals surface area contributed by atoms with Crippen LogP contribution in [0.25, 0.3) is 0 Å². The number of rotatable bonds is 6. The second-order valence-corrected chi connectivity index (χ2v) is 6.52. The second-order valence-electron chi connectivity index (χ2n) is 6.52. The highest BCUT2D eigenvalue weighted by Gasteiger charge is 2.32. The summed E-state index contributed by atoms with van der Waals surface area (Å²) in [7, 11) is 0. The minimum Gasteiger partial charge on any atom is -0.383 e. The van der Waals surface area contributed by atoms with Crippen LogP contribution in [0.5, 0.6) is 0 Å². The standard InChI is InChI=1S/C17H25N5O3/c23-14-4-5-15(24)22(16(14)25)9-2-1-8-20-10-12-21(13-11-20)17-18-6-3-7-19-17/h3,6-7,14,23H,1-2,4-5,8-13H2. The quantitative estimate of drug-likeness (QED) is 0.567. The predicted octanol–water partition coefficient (Wildman–Crippen LogP) is -0.111. The highest BCUT2D eigenvalue weighted by atomic mass is 16.3. The summed E-state index contributed by atoms with van der Waals surface area (Å²) in [5.74, 6) is 0.183. The SMILES string of the molecule is O=C1CCC(O)C(=O)N1CCCCN1CCN(c2ncccn2)CC1. The summed E-state index contributed by atoms with van der Waals surface area (Å²) in [5.41, 5.74) is 0. The first kappa shape index (κ1) is 17.8. The average Bonchev–Trinajstić information content (AvgIpc) is 2.65. The summed E-state index contributed by atoms with van der Waals surface area (Å²) in [6.07, 6.45) is 4.72. The maximum Gasteiger partial charge on any atom is 0.258 e. The van der Waals surface area contributed by atoms with Crippen LogP contribution >= 0.6 is 0 Å². The lowest BCUT2D eigenvalue weighted by Gasteiger charge is -2.34. The van der Waals surface area contributed by atoms with E-state index in [1.54, 1.807) is 12.4 Å². The summed E-state index contributed by atoms with van der Waals surface area (Å²) < 4.78 is 0. The smallest absolute Gasteiger partial charge is 0.258 e. The number of carbonyl (C=O) groups is 2. The maximum absolute atomic E-state index is 11.8. The Labute approximate surface area is 147 Å². The van der Waals surface area contributed by atoms with E-state index in [9.17, 15) is 14.7 Å². The molecule has 2 aliphatic rings. The number of imide groups is 1. The zero-order valence-electron chi connectivity index (χ0n) is 14.4. The Morgan fingerprint density at radius 3 is 2.44 bits per heavy atom. The number of hydrogen-bond acceptors (Lipinski definition) is 7. The summed E-state index contributed by atoms with van der Waals surface area (Å²) >= 11 is 0. The van der Waals surface area contributed by atoms with Gasteiger partial charge >= 0.3 is 0 Å². The van der Waals surface area contributed by atoms with E-state index in [0.717, 1.165) is 51.5 Å². The van der Waals surface area contributed by atoms with Gasteiger partial charge in [-0.2, -0.15) is 0 Å². The van der Waals surface area contributed by atoms with Gasteiger partial charge in [0.25, 0.3) is 5.91 Å². The number of amides is 2. The summed E-state index contributed by atoms with van der Waals surface area (Å²) in [4.78, 5) is 38.0. The van der Waals surface area contributed by atoms with Gasteiger partial charge in [-0.3, -0.25) is 19.4 Å². The van der Waals surface area contributed by atoms with Crippen LogP contribution < -0.4 is 4.90 Å². The molecule has 1 aromatic heterocycles. The number of likely N-dealkylation sites (tertiary alicyclic amines) is 1. The van der Waals surface area contributed by atoms with Gasteiger partial charge in [0.15, 0.2) is 0 Å². The fraction of sp³-hybridized carbons (Fsp3) is 0.647. The van der Waals surface area contributed by atoms with Crippen molar-refractivity contribution < 1.29 is 14.7 Å². The lowest BCUT2D eigenvalue weighted by atomic mass is 10.1. The number of unbranched alkanes of at least 4 members (excludes halogenated alkanes) is 1. The molecule has 2 amide bonds. The fourth-order valence-corrected chi connectivity index (χ4v) is 3.29. The molecule has 1 aromatic rings. The number of piperidine rings is 1. The third kappa shape index (κ3) is 4.52. The van der Waals surface area contributed by atoms with Gasteiger partial charge in [-0.05, 0) is 31.9 Å². The van der Waals surface area contributed by atoms with E-state index in [4.69, 9.17) is 0 Å². The number of piperazine rings is 1. The first-order valence-corrected chi connectivity index (χ1v) is 8.92. The number of hydrogen-bond donors (Lipinski definition) is 1. The molecule has 2 saturated heterocycles. The average molecular weight is 347 g/mol. The van der Waals surface area contributed by atoms with Crippen molar-refractivity contribution in [2.75, 3.05) is 44.2 Å². The molecule has 25 heavy (non-hydrogen) atoms. The highest BCUT2D eigenvalue weighted by Crippen LogP contribution is 2.14. The topological polar surface area (TPSA) is 89.9 Å². The van der Waals surface area contributed by atoms with Crippen molar-refractivity contribution in [3.8, 4) is 0 Å². The van der Waals surface area contributed by atoms with E-state index in [0.29, 0.717) is 6.54 Å². The van der Waals surface area contributed by atoms with Gasteiger partial charge in [0.1, 0.15) is 6.10 Å². The number of aliphatic hydroxyl groups is 1. The van der Waals surface area contributed by atoms with Crippen LogP contribution in [0.4, 0.5) is 5.95 Å². The summed E-state index contributed by atoms with van der Waals surface area (Å²) in [5, 5.41) is 9.58. The molecule has 0 spiro atoms. The van der Waals surface area contributed by atoms with Crippen molar-refractivity contribution in [1.82, 2.24) is 19.8 Å². The van der Waals surface area contributed by atoms with Gasteiger partial charge in [-0.1, -0.05) is 0 Å². The van der Waals surface area contributed by atoms with E-state index in [-0.39, 0.29) is 18.7 Å². The molecule has 1 atom stereocenters. The van der Waals surface area contributed by atoms with Gasteiger partial charge in [0, 0.05) is 51.5 Å². The minimum absolute atomic E-state index is 0.160. The van der Waals surface area contributed by atoms with Gasteiger partial charge < -0.3 is 10.0 Å². The van der Waals surface area contributed by atoms with E-state index >= 15 is 0 Å². The van der Waals surface area contributed by atoms with Gasteiger partial charge in [0.2, 0.25) is 11.9 Å². The number of aromatic nitrogens is 2. The van der Waals surface area contributed by atoms with Crippen LogP contribution in [0.1, 0.15) is 25.7 Å². The lowest BCUT2D eigenvalue weighted by molar-refractivity contribution is -0.155. The van der Waals surface area contributed by atoms with E-state index < -0.39 is 12.0 Å². The van der Waals surface area contributed by atoms with Crippen molar-refractivity contribution in [2.45, 2.75) is 31.8 Å². The fourth-order valence-electron chi connectivity index (χ4n) is 3.29. The van der Waals surface area contributed by atoms with Gasteiger partial charge in [0.05, 0.1) is 0 Å². The highest BCUT2D eigenvalue weighted by molar-refractivity contribution is 5.99. The number of anilines is 1. The molecule has 0 saturated carbocycles. The Hall–Kier alpha value is -2.06. The molecule has 3 heterocycles. The number of nitrogens with zero attached hydrogens (tertiary/aromatic N) is 5. The van der Waals surface area contributed by atoms with Crippen molar-refractivity contribution in [1.29, 1.82) is 0 Å². The minimum atomic E-state index is -1.01. The molecule has 0 bridgehead atoms. The Morgan fingerprint density at radius 1 is 1.04 bits per heavy atom. The molecule has 2 fully saturated rings. The maximum atomic E-state index is 11.8. The van der Waals surface area contributed by atoms with Crippen molar-refractivity contribution >= 4 is 17.8 Å². The Kier molecular flexibility index (Phi) is 5.93. The molecule has 1 unspecified atom stereocenters. The van der Waals surface area contributed by atoms with Crippen LogP contribution in [0, 0.1) is 0 Å². The third-order valence-electron chi connectivity index (χ3n) is 4.80. The summed E-state index contributed by atoms with van der Waals surface area (Å²) in [6.45, 7) is 5.07. The molecule has 1 N–H and O–H groups in total. The molecule has 136 valence electrons. The van der Waals surface area contributed by atoms with E-state index in [2.05, 4.69) is 19.8 Å². The largest absolute Gasteiger partial charge is 0.383 e. The van der Waals surface area contributed by atoms with Crippen molar-refractivity contribution in [3.05, 3.63) is 18.5 Å². The molecule has 0 aliphatic carbocycles. The summed E-state index contributed by atoms with van der Waals surface area (Å²) in [6, 6.07) is 1.82. The molecule has 0 radical (unpaired) electrons. The first-order chi connectivity index (χ1) is 12.1. The number of aliphatic hydroxyl groups excluding tert-OH is 1. The lowest BCUT2D eigenvalue weighted by Crippen LogP contribution is -2.48. The van der Waals surface area contributed by atoms with E-state index in [1.807, 2.05) is 6.07 Å². The monoisotopic (exact) mass is 347 g/mol. The van der Waals surface area contributed by atoms with Gasteiger partial charge in [-0.25, -0.2) is 9.97 Å². The first-order valence-electron chi connectivity index (χ1n) is 8.92. The second kappa shape index (κ2) is 8.35. The number of carbonyl (C=O) groups excluding carboxylic acids is 2. The Morgan fingerprint density at radius 2 is 1.72 bits per heavy atom. The zero-order valence-corrected chi connectivity index (χ0v) is 14.4. The third-order valence-corrected chi connectivity index (χ3v) is 4.80. The van der Waals surface area contributed by atoms with Gasteiger partial charge in [-0.15, -0.1) is 0 Å². The van der Waals surface area contributed by atoms with Crippen molar-refractivity contribution in [3.63, 3.8) is 0 Å². The Bertz CT molecular complexity index is 589. The molecular formula is C17H25N5O3. The molecule has 3 rings (SSSR count). The van der Waals surface area contributed by atoms with Crippen molar-refractivity contribution in [2.24, 2.45) is 0 Å². The molecule has 8 nitrogen and oxygen atoms in total. The van der Waals surface area contributed by atoms with Crippen LogP contribution in [0.3, 0.4) is 0 Å². The van der Waals surface area contributed by atoms with Crippen LogP contribution in [0.2, 0.25) is 0 Å². The van der Waals surface area contributed by atoms with Crippen LogP contribution in [-0.4, -0.2) is 82.1 Å². The van der Waals surface area contributed by atoms with Crippen LogP contribution in [0.15, 0.2) is 18.5 Å². The zero-order chi connectivity index (χ0) is 17.6.